The van der Waals surface area contributed by atoms with Crippen molar-refractivity contribution in [2.75, 3.05) is 31.6 Å². The Kier molecular flexibility index (Phi) is 10.3. The van der Waals surface area contributed by atoms with E-state index in [1.165, 1.54) is 0 Å². The molecule has 134 valence electrons. The standard InChI is InChI=1S/C18H30N4O2/c1-4-7-17(23)22-16-10-8-15(9-11-16)14-21-18(19-5-2)20-12-13-24-6-3/h8-11H,4-7,12-14H2,1-3H3,(H,22,23)(H2,19,20,21). The van der Waals surface area contributed by atoms with Gasteiger partial charge in [0.25, 0.3) is 0 Å². The molecule has 0 fully saturated rings. The molecule has 1 aromatic carbocycles. The summed E-state index contributed by atoms with van der Waals surface area (Å²) in [6, 6.07) is 7.78. The van der Waals surface area contributed by atoms with Gasteiger partial charge in [-0.05, 0) is 38.0 Å². The normalized spacial score (nSPS) is 11.2. The minimum absolute atomic E-state index is 0.0520. The number of ether oxygens (including phenoxy) is 1. The Morgan fingerprint density at radius 1 is 1.12 bits per heavy atom. The highest BCUT2D eigenvalue weighted by Gasteiger charge is 2.01. The van der Waals surface area contributed by atoms with Gasteiger partial charge in [0.1, 0.15) is 0 Å². The lowest BCUT2D eigenvalue weighted by atomic mass is 10.2. The molecule has 1 rings (SSSR count). The maximum absolute atomic E-state index is 11.6. The van der Waals surface area contributed by atoms with Crippen molar-refractivity contribution >= 4 is 17.6 Å². The summed E-state index contributed by atoms with van der Waals surface area (Å²) < 4.78 is 5.31. The highest BCUT2D eigenvalue weighted by Crippen LogP contribution is 2.11. The van der Waals surface area contributed by atoms with Crippen LogP contribution in [0.15, 0.2) is 29.3 Å². The predicted molar refractivity (Wildman–Crippen MR) is 99.3 cm³/mol. The minimum atomic E-state index is 0.0520. The summed E-state index contributed by atoms with van der Waals surface area (Å²) in [5.41, 5.74) is 1.91. The van der Waals surface area contributed by atoms with E-state index in [0.29, 0.717) is 19.6 Å². The Balaban J connectivity index is 2.51. The summed E-state index contributed by atoms with van der Waals surface area (Å²) >= 11 is 0. The van der Waals surface area contributed by atoms with E-state index in [9.17, 15) is 4.79 Å². The number of carbonyl (C=O) groups excluding carboxylic acids is 1. The molecule has 1 amide bonds. The Labute approximate surface area is 145 Å². The fourth-order valence-corrected chi connectivity index (χ4v) is 2.04. The van der Waals surface area contributed by atoms with Crippen molar-refractivity contribution < 1.29 is 9.53 Å². The second kappa shape index (κ2) is 12.4. The summed E-state index contributed by atoms with van der Waals surface area (Å²) in [6.45, 7) is 9.49. The Morgan fingerprint density at radius 3 is 2.50 bits per heavy atom. The molecule has 0 aliphatic rings. The lowest BCUT2D eigenvalue weighted by molar-refractivity contribution is -0.116. The van der Waals surface area contributed by atoms with Crippen molar-refractivity contribution in [1.82, 2.24) is 10.6 Å². The van der Waals surface area contributed by atoms with Gasteiger partial charge in [0.15, 0.2) is 5.96 Å². The SMILES string of the molecule is CCCC(=O)Nc1ccc(CN=C(NCC)NCCOCC)cc1. The molecule has 1 aromatic rings. The third-order valence-electron chi connectivity index (χ3n) is 3.22. The van der Waals surface area contributed by atoms with Gasteiger partial charge in [-0.3, -0.25) is 4.79 Å². The highest BCUT2D eigenvalue weighted by atomic mass is 16.5. The highest BCUT2D eigenvalue weighted by molar-refractivity contribution is 5.90. The number of anilines is 1. The quantitative estimate of drug-likeness (QED) is 0.349. The van der Waals surface area contributed by atoms with Crippen LogP contribution >= 0.6 is 0 Å². The van der Waals surface area contributed by atoms with Crippen LogP contribution in [0.3, 0.4) is 0 Å². The topological polar surface area (TPSA) is 74.8 Å². The molecule has 0 saturated carbocycles. The Hall–Kier alpha value is -2.08. The first-order chi connectivity index (χ1) is 11.7. The largest absolute Gasteiger partial charge is 0.380 e. The maximum atomic E-state index is 11.6. The smallest absolute Gasteiger partial charge is 0.224 e. The number of amides is 1. The van der Waals surface area contributed by atoms with Gasteiger partial charge in [-0.15, -0.1) is 0 Å². The third kappa shape index (κ3) is 8.53. The van der Waals surface area contributed by atoms with Gasteiger partial charge >= 0.3 is 0 Å². The van der Waals surface area contributed by atoms with E-state index < -0.39 is 0 Å². The monoisotopic (exact) mass is 334 g/mol. The zero-order valence-corrected chi connectivity index (χ0v) is 15.0. The van der Waals surface area contributed by atoms with E-state index in [-0.39, 0.29) is 5.91 Å². The van der Waals surface area contributed by atoms with Crippen molar-refractivity contribution in [1.29, 1.82) is 0 Å². The first-order valence-corrected chi connectivity index (χ1v) is 8.68. The molecule has 0 radical (unpaired) electrons. The number of guanidine groups is 1. The lowest BCUT2D eigenvalue weighted by Gasteiger charge is -2.11. The first-order valence-electron chi connectivity index (χ1n) is 8.68. The first kappa shape index (κ1) is 20.0. The molecule has 3 N–H and O–H groups in total. The fraction of sp³-hybridized carbons (Fsp3) is 0.556. The van der Waals surface area contributed by atoms with E-state index in [4.69, 9.17) is 4.74 Å². The van der Waals surface area contributed by atoms with Crippen LogP contribution in [0.4, 0.5) is 5.69 Å². The van der Waals surface area contributed by atoms with Crippen molar-refractivity contribution in [3.63, 3.8) is 0 Å². The Morgan fingerprint density at radius 2 is 1.88 bits per heavy atom. The van der Waals surface area contributed by atoms with Crippen molar-refractivity contribution in [2.45, 2.75) is 40.2 Å². The van der Waals surface area contributed by atoms with Gasteiger partial charge in [0.05, 0.1) is 13.2 Å². The molecule has 6 nitrogen and oxygen atoms in total. The zero-order chi connectivity index (χ0) is 17.6. The summed E-state index contributed by atoms with van der Waals surface area (Å²) in [7, 11) is 0. The minimum Gasteiger partial charge on any atom is -0.380 e. The average Bonchev–Trinajstić information content (AvgIpc) is 2.58. The number of nitrogens with one attached hydrogen (secondary N) is 3. The number of aliphatic imine (C=N–C) groups is 1. The van der Waals surface area contributed by atoms with Gasteiger partial charge in [-0.25, -0.2) is 4.99 Å². The van der Waals surface area contributed by atoms with Crippen LogP contribution in [0, 0.1) is 0 Å². The molecular weight excluding hydrogens is 304 g/mol. The number of rotatable bonds is 10. The number of benzene rings is 1. The molecule has 0 aliphatic heterocycles. The van der Waals surface area contributed by atoms with Crippen LogP contribution in [0.2, 0.25) is 0 Å². The van der Waals surface area contributed by atoms with Gasteiger partial charge in [0.2, 0.25) is 5.91 Å². The van der Waals surface area contributed by atoms with Gasteiger partial charge in [0, 0.05) is 31.8 Å². The Bertz CT molecular complexity index is 500. The van der Waals surface area contributed by atoms with Crippen molar-refractivity contribution in [3.8, 4) is 0 Å². The molecule has 0 spiro atoms. The number of hydrogen-bond donors (Lipinski definition) is 3. The molecule has 0 saturated heterocycles. The molecule has 0 atom stereocenters. The maximum Gasteiger partial charge on any atom is 0.224 e. The van der Waals surface area contributed by atoms with Crippen molar-refractivity contribution in [2.24, 2.45) is 4.99 Å². The fourth-order valence-electron chi connectivity index (χ4n) is 2.04. The summed E-state index contributed by atoms with van der Waals surface area (Å²) in [5.74, 6) is 0.828. The number of hydrogen-bond acceptors (Lipinski definition) is 3. The molecule has 0 unspecified atom stereocenters. The van der Waals surface area contributed by atoms with Crippen molar-refractivity contribution in [3.05, 3.63) is 29.8 Å². The predicted octanol–water partition coefficient (Wildman–Crippen LogP) is 2.52. The zero-order valence-electron chi connectivity index (χ0n) is 15.0. The second-order valence-electron chi connectivity index (χ2n) is 5.31. The van der Waals surface area contributed by atoms with Gasteiger partial charge in [-0.2, -0.15) is 0 Å². The molecule has 24 heavy (non-hydrogen) atoms. The molecule has 0 heterocycles. The van der Waals surface area contributed by atoms with Crippen LogP contribution in [0.5, 0.6) is 0 Å². The van der Waals surface area contributed by atoms with E-state index in [2.05, 4.69) is 20.9 Å². The molecule has 6 heteroatoms. The van der Waals surface area contributed by atoms with Crippen LogP contribution < -0.4 is 16.0 Å². The number of nitrogens with zero attached hydrogens (tertiary/aromatic N) is 1. The van der Waals surface area contributed by atoms with Crippen LogP contribution in [-0.4, -0.2) is 38.2 Å². The van der Waals surface area contributed by atoms with E-state index >= 15 is 0 Å². The molecule has 0 bridgehead atoms. The molecule has 0 aromatic heterocycles. The average molecular weight is 334 g/mol. The second-order valence-corrected chi connectivity index (χ2v) is 5.31. The molecule has 0 aliphatic carbocycles. The van der Waals surface area contributed by atoms with Crippen LogP contribution in [0.1, 0.15) is 39.2 Å². The van der Waals surface area contributed by atoms with E-state index in [1.54, 1.807) is 0 Å². The third-order valence-corrected chi connectivity index (χ3v) is 3.22. The number of carbonyl (C=O) groups is 1. The van der Waals surface area contributed by atoms with E-state index in [1.807, 2.05) is 45.0 Å². The van der Waals surface area contributed by atoms with E-state index in [0.717, 1.165) is 43.3 Å². The summed E-state index contributed by atoms with van der Waals surface area (Å²) in [6.07, 6.45) is 1.40. The van der Waals surface area contributed by atoms with Crippen LogP contribution in [0.25, 0.3) is 0 Å². The van der Waals surface area contributed by atoms with Gasteiger partial charge < -0.3 is 20.7 Å². The van der Waals surface area contributed by atoms with Crippen LogP contribution in [-0.2, 0) is 16.1 Å². The van der Waals surface area contributed by atoms with Gasteiger partial charge in [-0.1, -0.05) is 19.1 Å². The molecular formula is C18H30N4O2. The lowest BCUT2D eigenvalue weighted by Crippen LogP contribution is -2.39. The summed E-state index contributed by atoms with van der Waals surface area (Å²) in [4.78, 5) is 16.1. The summed E-state index contributed by atoms with van der Waals surface area (Å²) in [5, 5.41) is 9.32.